The maximum absolute atomic E-state index is 12.9. The average molecular weight is 294 g/mol. The van der Waals surface area contributed by atoms with Crippen molar-refractivity contribution in [2.75, 3.05) is 0 Å². The molecule has 0 aromatic heterocycles. The number of hydrogen-bond acceptors (Lipinski definition) is 2. The Hall–Kier alpha value is -1.06. The zero-order valence-electron chi connectivity index (χ0n) is 13.9. The summed E-state index contributed by atoms with van der Waals surface area (Å²) >= 11 is 0. The maximum atomic E-state index is 12.9. The Kier molecular flexibility index (Phi) is 5.28. The maximum Gasteiger partial charge on any atom is 0.246 e. The van der Waals surface area contributed by atoms with Crippen molar-refractivity contribution in [2.45, 2.75) is 84.3 Å². The van der Waals surface area contributed by atoms with Crippen molar-refractivity contribution in [3.05, 3.63) is 0 Å². The van der Waals surface area contributed by atoms with Gasteiger partial charge in [-0.1, -0.05) is 34.1 Å². The van der Waals surface area contributed by atoms with Crippen LogP contribution < -0.4 is 5.32 Å². The van der Waals surface area contributed by atoms with E-state index < -0.39 is 0 Å². The number of carbonyl (C=O) groups is 2. The second-order valence-corrected chi connectivity index (χ2v) is 7.20. The van der Waals surface area contributed by atoms with Crippen LogP contribution in [0.3, 0.4) is 0 Å². The molecule has 1 aliphatic heterocycles. The van der Waals surface area contributed by atoms with Crippen LogP contribution in [0, 0.1) is 11.8 Å². The van der Waals surface area contributed by atoms with Gasteiger partial charge in [-0.2, -0.15) is 0 Å². The summed E-state index contributed by atoms with van der Waals surface area (Å²) in [6.07, 6.45) is 6.08. The number of carbonyl (C=O) groups excluding carboxylic acids is 2. The van der Waals surface area contributed by atoms with Gasteiger partial charge in [0, 0.05) is 6.04 Å². The van der Waals surface area contributed by atoms with Crippen LogP contribution in [-0.2, 0) is 9.59 Å². The fourth-order valence-electron chi connectivity index (χ4n) is 3.80. The van der Waals surface area contributed by atoms with Gasteiger partial charge in [-0.25, -0.2) is 0 Å². The van der Waals surface area contributed by atoms with Gasteiger partial charge in [0.1, 0.15) is 12.1 Å². The minimum absolute atomic E-state index is 0.0432. The Labute approximate surface area is 128 Å². The third-order valence-corrected chi connectivity index (χ3v) is 5.02. The molecule has 0 aromatic carbocycles. The molecule has 21 heavy (non-hydrogen) atoms. The van der Waals surface area contributed by atoms with E-state index in [0.717, 1.165) is 31.6 Å². The molecule has 0 radical (unpaired) electrons. The number of nitrogens with zero attached hydrogens (tertiary/aromatic N) is 1. The zero-order valence-corrected chi connectivity index (χ0v) is 13.9. The lowest BCUT2D eigenvalue weighted by atomic mass is 9.83. The number of hydrogen-bond donors (Lipinski definition) is 1. The molecule has 0 bridgehead atoms. The summed E-state index contributed by atoms with van der Waals surface area (Å²) in [7, 11) is 0. The predicted molar refractivity (Wildman–Crippen MR) is 83.7 cm³/mol. The van der Waals surface area contributed by atoms with Gasteiger partial charge >= 0.3 is 0 Å². The van der Waals surface area contributed by atoms with E-state index in [4.69, 9.17) is 0 Å². The van der Waals surface area contributed by atoms with Gasteiger partial charge < -0.3 is 10.2 Å². The van der Waals surface area contributed by atoms with Crippen molar-refractivity contribution in [3.63, 3.8) is 0 Å². The van der Waals surface area contributed by atoms with Crippen molar-refractivity contribution >= 4 is 11.8 Å². The van der Waals surface area contributed by atoms with E-state index in [9.17, 15) is 9.59 Å². The lowest BCUT2D eigenvalue weighted by Crippen LogP contribution is -2.67. The molecule has 0 aromatic rings. The van der Waals surface area contributed by atoms with Gasteiger partial charge in [0.05, 0.1) is 0 Å². The SMILES string of the molecule is CCCC1NC(=O)C(C(C)C)N(C2CCC(C)CC2)C1=O. The molecule has 1 aliphatic carbocycles. The molecule has 2 rings (SSSR count). The van der Waals surface area contributed by atoms with Crippen LogP contribution in [0.2, 0.25) is 0 Å². The molecular weight excluding hydrogens is 264 g/mol. The standard InChI is InChI=1S/C17H30N2O2/c1-5-6-14-17(21)19(13-9-7-12(4)8-10-13)15(11(2)3)16(20)18-14/h11-15H,5-10H2,1-4H3,(H,18,20). The summed E-state index contributed by atoms with van der Waals surface area (Å²) in [4.78, 5) is 27.3. The summed E-state index contributed by atoms with van der Waals surface area (Å²) in [6.45, 7) is 8.41. The Morgan fingerprint density at radius 2 is 1.81 bits per heavy atom. The summed E-state index contributed by atoms with van der Waals surface area (Å²) in [5, 5.41) is 2.95. The first kappa shape index (κ1) is 16.3. The summed E-state index contributed by atoms with van der Waals surface area (Å²) < 4.78 is 0. The van der Waals surface area contributed by atoms with Crippen molar-refractivity contribution in [1.82, 2.24) is 10.2 Å². The second kappa shape index (κ2) is 6.80. The molecule has 2 atom stereocenters. The minimum atomic E-state index is -0.308. The van der Waals surface area contributed by atoms with E-state index in [-0.39, 0.29) is 35.9 Å². The average Bonchev–Trinajstić information content (AvgIpc) is 2.43. The number of nitrogens with one attached hydrogen (secondary N) is 1. The van der Waals surface area contributed by atoms with Gasteiger partial charge in [-0.15, -0.1) is 0 Å². The summed E-state index contributed by atoms with van der Waals surface area (Å²) in [5.41, 5.74) is 0. The third kappa shape index (κ3) is 3.41. The van der Waals surface area contributed by atoms with Crippen LogP contribution in [-0.4, -0.2) is 34.8 Å². The quantitative estimate of drug-likeness (QED) is 0.866. The van der Waals surface area contributed by atoms with Gasteiger partial charge in [0.2, 0.25) is 11.8 Å². The summed E-state index contributed by atoms with van der Waals surface area (Å²) in [5.74, 6) is 1.10. The van der Waals surface area contributed by atoms with Crippen molar-refractivity contribution < 1.29 is 9.59 Å². The number of piperazine rings is 1. The number of rotatable bonds is 4. The lowest BCUT2D eigenvalue weighted by Gasteiger charge is -2.46. The van der Waals surface area contributed by atoms with E-state index in [2.05, 4.69) is 19.2 Å². The second-order valence-electron chi connectivity index (χ2n) is 7.20. The molecule has 1 N–H and O–H groups in total. The van der Waals surface area contributed by atoms with Crippen LogP contribution in [0.1, 0.15) is 66.2 Å². The fourth-order valence-corrected chi connectivity index (χ4v) is 3.80. The smallest absolute Gasteiger partial charge is 0.246 e. The highest BCUT2D eigenvalue weighted by Crippen LogP contribution is 2.32. The minimum Gasteiger partial charge on any atom is -0.342 e. The molecular formula is C17H30N2O2. The van der Waals surface area contributed by atoms with Crippen LogP contribution >= 0.6 is 0 Å². The molecule has 2 amide bonds. The molecule has 4 nitrogen and oxygen atoms in total. The third-order valence-electron chi connectivity index (χ3n) is 5.02. The Bertz CT molecular complexity index is 386. The first-order chi connectivity index (χ1) is 9.95. The molecule has 2 aliphatic rings. The Morgan fingerprint density at radius 3 is 2.33 bits per heavy atom. The first-order valence-corrected chi connectivity index (χ1v) is 8.58. The zero-order chi connectivity index (χ0) is 15.6. The van der Waals surface area contributed by atoms with Gasteiger partial charge in [0.25, 0.3) is 0 Å². The first-order valence-electron chi connectivity index (χ1n) is 8.58. The normalized spacial score (nSPS) is 34.2. The van der Waals surface area contributed by atoms with E-state index in [1.807, 2.05) is 18.7 Å². The highest BCUT2D eigenvalue weighted by molar-refractivity contribution is 5.97. The van der Waals surface area contributed by atoms with Gasteiger partial charge in [-0.05, 0) is 43.9 Å². The largest absolute Gasteiger partial charge is 0.342 e. The highest BCUT2D eigenvalue weighted by Gasteiger charge is 2.44. The van der Waals surface area contributed by atoms with E-state index in [1.54, 1.807) is 0 Å². The van der Waals surface area contributed by atoms with E-state index in [0.29, 0.717) is 0 Å². The monoisotopic (exact) mass is 294 g/mol. The van der Waals surface area contributed by atoms with Crippen molar-refractivity contribution in [1.29, 1.82) is 0 Å². The predicted octanol–water partition coefficient (Wildman–Crippen LogP) is 2.72. The molecule has 2 unspecified atom stereocenters. The van der Waals surface area contributed by atoms with Crippen LogP contribution in [0.15, 0.2) is 0 Å². The molecule has 2 fully saturated rings. The highest BCUT2D eigenvalue weighted by atomic mass is 16.2. The summed E-state index contributed by atoms with van der Waals surface area (Å²) in [6, 6.07) is -0.340. The molecule has 120 valence electrons. The topological polar surface area (TPSA) is 49.4 Å². The molecule has 1 saturated carbocycles. The fraction of sp³-hybridized carbons (Fsp3) is 0.882. The molecule has 0 spiro atoms. The number of amides is 2. The van der Waals surface area contributed by atoms with Gasteiger partial charge in [-0.3, -0.25) is 9.59 Å². The Balaban J connectivity index is 2.21. The van der Waals surface area contributed by atoms with Crippen molar-refractivity contribution in [2.24, 2.45) is 11.8 Å². The molecule has 4 heteroatoms. The van der Waals surface area contributed by atoms with Crippen LogP contribution in [0.4, 0.5) is 0 Å². The van der Waals surface area contributed by atoms with E-state index in [1.165, 1.54) is 12.8 Å². The lowest BCUT2D eigenvalue weighted by molar-refractivity contribution is -0.155. The van der Waals surface area contributed by atoms with Crippen LogP contribution in [0.5, 0.6) is 0 Å². The van der Waals surface area contributed by atoms with Crippen LogP contribution in [0.25, 0.3) is 0 Å². The van der Waals surface area contributed by atoms with Gasteiger partial charge in [0.15, 0.2) is 0 Å². The molecule has 1 saturated heterocycles. The Morgan fingerprint density at radius 1 is 1.19 bits per heavy atom. The van der Waals surface area contributed by atoms with E-state index >= 15 is 0 Å². The molecule has 1 heterocycles. The van der Waals surface area contributed by atoms with Crippen molar-refractivity contribution in [3.8, 4) is 0 Å².